The summed E-state index contributed by atoms with van der Waals surface area (Å²) < 4.78 is 2.60. The van der Waals surface area contributed by atoms with Gasteiger partial charge in [-0.3, -0.25) is 9.97 Å². The largest absolute Gasteiger partial charge is 0.255 e. The maximum Gasteiger partial charge on any atom is 0.0802 e. The number of hydrogen-bond donors (Lipinski definition) is 0. The fourth-order valence-electron chi connectivity index (χ4n) is 2.11. The Hall–Kier alpha value is -2.04. The van der Waals surface area contributed by atoms with Gasteiger partial charge in [0.25, 0.3) is 0 Å². The molecular formula is C16H10N2S2. The first kappa shape index (κ1) is 11.8. The van der Waals surface area contributed by atoms with Gasteiger partial charge in [-0.1, -0.05) is 12.1 Å². The van der Waals surface area contributed by atoms with Crippen molar-refractivity contribution < 1.29 is 0 Å². The maximum absolute atomic E-state index is 4.41. The molecule has 96 valence electrons. The van der Waals surface area contributed by atoms with Crippen molar-refractivity contribution in [2.45, 2.75) is 0 Å². The summed E-state index contributed by atoms with van der Waals surface area (Å²) in [6.45, 7) is 0. The first-order valence-corrected chi connectivity index (χ1v) is 7.90. The Bertz CT molecular complexity index is 747. The van der Waals surface area contributed by atoms with Crippen LogP contribution in [0.3, 0.4) is 0 Å². The minimum atomic E-state index is 1.04. The lowest BCUT2D eigenvalue weighted by Gasteiger charge is -1.94. The Balaban J connectivity index is 1.78. The molecule has 0 aromatic carbocycles. The highest BCUT2D eigenvalue weighted by Crippen LogP contribution is 2.40. The molecule has 0 unspecified atom stereocenters. The number of nitrogens with zero attached hydrogens (tertiary/aromatic N) is 2. The van der Waals surface area contributed by atoms with Crippen molar-refractivity contribution in [2.75, 3.05) is 0 Å². The van der Waals surface area contributed by atoms with Gasteiger partial charge in [0, 0.05) is 21.8 Å². The van der Waals surface area contributed by atoms with Crippen LogP contribution in [0.25, 0.3) is 30.5 Å². The lowest BCUT2D eigenvalue weighted by molar-refractivity contribution is 1.34. The van der Waals surface area contributed by atoms with Gasteiger partial charge >= 0.3 is 0 Å². The van der Waals surface area contributed by atoms with E-state index in [1.165, 1.54) is 19.2 Å². The van der Waals surface area contributed by atoms with Gasteiger partial charge in [0.05, 0.1) is 21.1 Å². The van der Waals surface area contributed by atoms with Crippen molar-refractivity contribution in [1.29, 1.82) is 0 Å². The SMILES string of the molecule is c1ccc(-c2cc3sc(-c4ccccn4)cc3s2)nc1. The molecule has 4 heteroatoms. The molecule has 0 amide bonds. The monoisotopic (exact) mass is 294 g/mol. The highest BCUT2D eigenvalue weighted by Gasteiger charge is 2.10. The van der Waals surface area contributed by atoms with Gasteiger partial charge in [-0.25, -0.2) is 0 Å². The third-order valence-corrected chi connectivity index (χ3v) is 5.38. The van der Waals surface area contributed by atoms with Crippen LogP contribution in [0.2, 0.25) is 0 Å². The summed E-state index contributed by atoms with van der Waals surface area (Å²) in [5, 5.41) is 0. The molecule has 4 aromatic rings. The molecule has 2 nitrogen and oxygen atoms in total. The summed E-state index contributed by atoms with van der Waals surface area (Å²) in [4.78, 5) is 11.3. The lowest BCUT2D eigenvalue weighted by atomic mass is 10.3. The molecule has 4 aromatic heterocycles. The zero-order valence-electron chi connectivity index (χ0n) is 10.5. The second kappa shape index (κ2) is 4.81. The van der Waals surface area contributed by atoms with Crippen LogP contribution in [0, 0.1) is 0 Å². The molecule has 0 aliphatic carbocycles. The van der Waals surface area contributed by atoms with E-state index in [1.54, 1.807) is 22.7 Å². The normalized spacial score (nSPS) is 11.0. The number of pyridine rings is 2. The topological polar surface area (TPSA) is 25.8 Å². The molecule has 0 saturated heterocycles. The van der Waals surface area contributed by atoms with E-state index >= 15 is 0 Å². The molecule has 0 aliphatic heterocycles. The first-order valence-electron chi connectivity index (χ1n) is 6.26. The maximum atomic E-state index is 4.41. The number of rotatable bonds is 2. The van der Waals surface area contributed by atoms with Crippen LogP contribution in [-0.4, -0.2) is 9.97 Å². The first-order chi connectivity index (χ1) is 9.90. The molecule has 4 rings (SSSR count). The van der Waals surface area contributed by atoms with E-state index in [2.05, 4.69) is 34.2 Å². The number of aromatic nitrogens is 2. The van der Waals surface area contributed by atoms with Gasteiger partial charge < -0.3 is 0 Å². The van der Waals surface area contributed by atoms with E-state index in [-0.39, 0.29) is 0 Å². The van der Waals surface area contributed by atoms with Gasteiger partial charge in [-0.15, -0.1) is 22.7 Å². The molecule has 20 heavy (non-hydrogen) atoms. The van der Waals surface area contributed by atoms with Crippen molar-refractivity contribution >= 4 is 32.1 Å². The molecule has 0 spiro atoms. The third-order valence-electron chi connectivity index (χ3n) is 3.04. The van der Waals surface area contributed by atoms with Crippen LogP contribution in [-0.2, 0) is 0 Å². The number of hydrogen-bond acceptors (Lipinski definition) is 4. The van der Waals surface area contributed by atoms with Gasteiger partial charge in [-0.05, 0) is 36.4 Å². The van der Waals surface area contributed by atoms with Crippen LogP contribution in [0.5, 0.6) is 0 Å². The summed E-state index contributed by atoms with van der Waals surface area (Å²) in [6, 6.07) is 16.5. The zero-order chi connectivity index (χ0) is 13.4. The second-order valence-corrected chi connectivity index (χ2v) is 6.55. The van der Waals surface area contributed by atoms with Crippen LogP contribution in [0.4, 0.5) is 0 Å². The summed E-state index contributed by atoms with van der Waals surface area (Å²) in [6.07, 6.45) is 3.67. The molecule has 0 bridgehead atoms. The second-order valence-electron chi connectivity index (χ2n) is 4.38. The van der Waals surface area contributed by atoms with Crippen LogP contribution < -0.4 is 0 Å². The minimum absolute atomic E-state index is 1.04. The Kier molecular flexibility index (Phi) is 2.83. The minimum Gasteiger partial charge on any atom is -0.255 e. The van der Waals surface area contributed by atoms with Gasteiger partial charge in [0.2, 0.25) is 0 Å². The molecule has 0 aliphatic rings. The zero-order valence-corrected chi connectivity index (χ0v) is 12.1. The molecule has 0 radical (unpaired) electrons. The predicted molar refractivity (Wildman–Crippen MR) is 86.2 cm³/mol. The summed E-state index contributed by atoms with van der Waals surface area (Å²) in [5.41, 5.74) is 2.08. The van der Waals surface area contributed by atoms with Crippen molar-refractivity contribution in [3.63, 3.8) is 0 Å². The van der Waals surface area contributed by atoms with E-state index in [9.17, 15) is 0 Å². The van der Waals surface area contributed by atoms with Crippen LogP contribution >= 0.6 is 22.7 Å². The van der Waals surface area contributed by atoms with E-state index < -0.39 is 0 Å². The lowest BCUT2D eigenvalue weighted by Crippen LogP contribution is -1.76. The summed E-state index contributed by atoms with van der Waals surface area (Å²) in [7, 11) is 0. The fourth-order valence-corrected chi connectivity index (χ4v) is 4.46. The van der Waals surface area contributed by atoms with Gasteiger partial charge in [0.15, 0.2) is 0 Å². The average Bonchev–Trinajstić information content (AvgIpc) is 3.08. The molecule has 0 N–H and O–H groups in total. The van der Waals surface area contributed by atoms with Crippen molar-refractivity contribution in [3.8, 4) is 21.1 Å². The highest BCUT2D eigenvalue weighted by molar-refractivity contribution is 7.31. The molecule has 0 saturated carbocycles. The smallest absolute Gasteiger partial charge is 0.0802 e. The van der Waals surface area contributed by atoms with E-state index in [0.29, 0.717) is 0 Å². The average molecular weight is 294 g/mol. The van der Waals surface area contributed by atoms with Crippen molar-refractivity contribution in [1.82, 2.24) is 9.97 Å². The summed E-state index contributed by atoms with van der Waals surface area (Å²) in [5.74, 6) is 0. The molecule has 0 fully saturated rings. The Morgan fingerprint density at radius 3 is 1.55 bits per heavy atom. The Morgan fingerprint density at radius 1 is 0.650 bits per heavy atom. The highest BCUT2D eigenvalue weighted by atomic mass is 32.1. The van der Waals surface area contributed by atoms with Gasteiger partial charge in [-0.2, -0.15) is 0 Å². The Morgan fingerprint density at radius 2 is 1.15 bits per heavy atom. The van der Waals surface area contributed by atoms with Gasteiger partial charge in [0.1, 0.15) is 0 Å². The third kappa shape index (κ3) is 2.03. The number of thiophene rings is 2. The number of fused-ring (bicyclic) bond motifs is 1. The van der Waals surface area contributed by atoms with Crippen LogP contribution in [0.15, 0.2) is 60.9 Å². The van der Waals surface area contributed by atoms with E-state index in [4.69, 9.17) is 0 Å². The quantitative estimate of drug-likeness (QED) is 0.515. The Labute approximate surface area is 124 Å². The fraction of sp³-hybridized carbons (Fsp3) is 0. The predicted octanol–water partition coefficient (Wildman–Crippen LogP) is 5.09. The van der Waals surface area contributed by atoms with Crippen molar-refractivity contribution in [2.24, 2.45) is 0 Å². The molecule has 4 heterocycles. The summed E-state index contributed by atoms with van der Waals surface area (Å²) >= 11 is 3.57. The van der Waals surface area contributed by atoms with E-state index in [1.807, 2.05) is 36.7 Å². The molecule has 0 atom stereocenters. The van der Waals surface area contributed by atoms with Crippen LogP contribution in [0.1, 0.15) is 0 Å². The van der Waals surface area contributed by atoms with E-state index in [0.717, 1.165) is 11.4 Å². The standard InChI is InChI=1S/C16H10N2S2/c1-3-7-17-11(5-1)13-9-15-16(19-13)10-14(20-15)12-6-2-4-8-18-12/h1-10H. The molecular weight excluding hydrogens is 284 g/mol. The van der Waals surface area contributed by atoms with Crippen molar-refractivity contribution in [3.05, 3.63) is 60.9 Å².